The normalized spacial score (nSPS) is 13.2. The molecule has 0 aliphatic heterocycles. The zero-order chi connectivity index (χ0) is 8.53. The molecule has 0 aromatic rings. The molecule has 3 nitrogen and oxygen atoms in total. The van der Waals surface area contributed by atoms with Gasteiger partial charge in [-0.3, -0.25) is 0 Å². The number of aliphatic hydroxyl groups excluding tert-OH is 1. The van der Waals surface area contributed by atoms with Crippen LogP contribution in [-0.2, 0) is 2.69 Å². The molecule has 0 saturated carbocycles. The van der Waals surface area contributed by atoms with Gasteiger partial charge >= 0.3 is 84.7 Å². The van der Waals surface area contributed by atoms with E-state index in [0.717, 1.165) is 32.4 Å². The first kappa shape index (κ1) is 11.8. The Kier molecular flexibility index (Phi) is 9.54. The average Bonchev–Trinajstić information content (AvgIpc) is 2.03. The molecule has 3 N–H and O–H groups in total. The molecule has 0 fully saturated rings. The molecular formula is C7H16NO2Tl. The molecule has 0 saturated heterocycles. The van der Waals surface area contributed by atoms with E-state index in [1.807, 2.05) is 0 Å². The first-order valence-corrected chi connectivity index (χ1v) is 5.81. The van der Waals surface area contributed by atoms with Crippen LogP contribution in [0.3, 0.4) is 0 Å². The van der Waals surface area contributed by atoms with E-state index in [1.54, 1.807) is 0 Å². The van der Waals surface area contributed by atoms with Gasteiger partial charge in [-0.2, -0.15) is 0 Å². The van der Waals surface area contributed by atoms with Gasteiger partial charge in [0.2, 0.25) is 0 Å². The molecule has 64 valence electrons. The van der Waals surface area contributed by atoms with E-state index >= 15 is 0 Å². The summed E-state index contributed by atoms with van der Waals surface area (Å²) >= 11 is 0.587. The molecule has 0 aliphatic carbocycles. The summed E-state index contributed by atoms with van der Waals surface area (Å²) in [6.07, 6.45) is 3.20. The second-order valence-electron chi connectivity index (χ2n) is 2.67. The molecule has 11 heavy (non-hydrogen) atoms. The Hall–Kier alpha value is 0.802. The maximum absolute atomic E-state index is 8.86. The van der Waals surface area contributed by atoms with Crippen molar-refractivity contribution in [3.63, 3.8) is 0 Å². The summed E-state index contributed by atoms with van der Waals surface area (Å²) in [5, 5.41) is 8.86. The molecule has 0 spiro atoms. The Morgan fingerprint density at radius 1 is 1.45 bits per heavy atom. The molecule has 1 atom stereocenters. The van der Waals surface area contributed by atoms with Crippen LogP contribution in [-0.4, -0.2) is 51.1 Å². The fourth-order valence-electron chi connectivity index (χ4n) is 0.941. The summed E-state index contributed by atoms with van der Waals surface area (Å²) in [6, 6.07) is 0. The third-order valence-corrected chi connectivity index (χ3v) is 2.40. The minimum absolute atomic E-state index is 0.247. The first-order chi connectivity index (χ1) is 5.35. The van der Waals surface area contributed by atoms with Gasteiger partial charge in [0.1, 0.15) is 0 Å². The maximum atomic E-state index is 8.86. The van der Waals surface area contributed by atoms with Gasteiger partial charge in [0.15, 0.2) is 0 Å². The van der Waals surface area contributed by atoms with Crippen LogP contribution in [0, 0.1) is 5.92 Å². The standard InChI is InChI=1S/C7H16NO2.Tl/c8-4-2-1-3-7(5-9)6-10;/h7,9H,1-6,8H2;/q-1;+1. The van der Waals surface area contributed by atoms with Crippen molar-refractivity contribution >= 4 is 26.2 Å². The van der Waals surface area contributed by atoms with Crippen LogP contribution in [0.15, 0.2) is 0 Å². The third kappa shape index (κ3) is 7.17. The molecular weight excluding hydrogens is 334 g/mol. The van der Waals surface area contributed by atoms with E-state index in [4.69, 9.17) is 13.5 Å². The van der Waals surface area contributed by atoms with E-state index in [0.29, 0.717) is 32.1 Å². The van der Waals surface area contributed by atoms with Gasteiger partial charge in [-0.05, 0) is 0 Å². The van der Waals surface area contributed by atoms with Crippen molar-refractivity contribution in [1.82, 2.24) is 0 Å². The first-order valence-electron chi connectivity index (χ1n) is 3.97. The predicted molar refractivity (Wildman–Crippen MR) is 45.2 cm³/mol. The van der Waals surface area contributed by atoms with Gasteiger partial charge in [-0.1, -0.05) is 0 Å². The van der Waals surface area contributed by atoms with Crippen molar-refractivity contribution in [2.45, 2.75) is 19.3 Å². The molecule has 0 bridgehead atoms. The van der Waals surface area contributed by atoms with E-state index in [1.165, 1.54) is 0 Å². The molecule has 0 aromatic carbocycles. The number of hydrogen-bond donors (Lipinski definition) is 2. The van der Waals surface area contributed by atoms with Crippen LogP contribution >= 0.6 is 0 Å². The summed E-state index contributed by atoms with van der Waals surface area (Å²) in [7, 11) is 0. The van der Waals surface area contributed by atoms with Crippen LogP contribution in [0.1, 0.15) is 19.3 Å². The van der Waals surface area contributed by atoms with Crippen LogP contribution in [0.5, 0.6) is 0 Å². The van der Waals surface area contributed by atoms with Crippen molar-refractivity contribution in [3.05, 3.63) is 0 Å². The number of unbranched alkanes of at least 4 members (excludes halogenated alkanes) is 1. The van der Waals surface area contributed by atoms with Crippen molar-refractivity contribution in [2.24, 2.45) is 11.7 Å². The molecule has 0 amide bonds. The summed E-state index contributed by atoms with van der Waals surface area (Å²) in [5.41, 5.74) is 5.34. The molecule has 1 unspecified atom stereocenters. The Morgan fingerprint density at radius 2 is 2.18 bits per heavy atom. The molecule has 0 aliphatic rings. The van der Waals surface area contributed by atoms with Gasteiger partial charge in [0, 0.05) is 0 Å². The van der Waals surface area contributed by atoms with Gasteiger partial charge in [0.25, 0.3) is 0 Å². The van der Waals surface area contributed by atoms with Gasteiger partial charge in [0.05, 0.1) is 0 Å². The molecule has 4 heteroatoms. The van der Waals surface area contributed by atoms with Gasteiger partial charge in [-0.25, -0.2) is 0 Å². The van der Waals surface area contributed by atoms with Crippen molar-refractivity contribution in [1.29, 1.82) is 0 Å². The minimum atomic E-state index is 0.247. The second-order valence-corrected chi connectivity index (χ2v) is 3.96. The van der Waals surface area contributed by atoms with Crippen LogP contribution in [0.2, 0.25) is 0 Å². The Morgan fingerprint density at radius 3 is 2.64 bits per heavy atom. The van der Waals surface area contributed by atoms with E-state index in [2.05, 4.69) is 0 Å². The van der Waals surface area contributed by atoms with Crippen molar-refractivity contribution in [2.75, 3.05) is 19.8 Å². The summed E-state index contributed by atoms with van der Waals surface area (Å²) < 4.78 is 5.10. The quantitative estimate of drug-likeness (QED) is 0.495. The number of hydrogen-bond acceptors (Lipinski definition) is 3. The SMILES string of the molecule is NCCCCC(CO)C[O][Tl]. The summed E-state index contributed by atoms with van der Waals surface area (Å²) in [4.78, 5) is 0. The predicted octanol–water partition coefficient (Wildman–Crippen LogP) is -0.176. The van der Waals surface area contributed by atoms with E-state index in [9.17, 15) is 0 Å². The van der Waals surface area contributed by atoms with Crippen LogP contribution < -0.4 is 5.73 Å². The molecule has 0 heterocycles. The van der Waals surface area contributed by atoms with E-state index in [-0.39, 0.29) is 6.61 Å². The zero-order valence-electron chi connectivity index (χ0n) is 6.83. The van der Waals surface area contributed by atoms with Gasteiger partial charge in [-0.15, -0.1) is 0 Å². The fourth-order valence-corrected chi connectivity index (χ4v) is 2.00. The van der Waals surface area contributed by atoms with Crippen LogP contribution in [0.4, 0.5) is 0 Å². The summed E-state index contributed by atoms with van der Waals surface area (Å²) in [5.74, 6) is 0.339. The Balaban J connectivity index is 3.20. The van der Waals surface area contributed by atoms with Gasteiger partial charge < -0.3 is 0 Å². The Labute approximate surface area is 84.6 Å². The number of rotatable bonds is 7. The third-order valence-electron chi connectivity index (χ3n) is 1.66. The van der Waals surface area contributed by atoms with E-state index < -0.39 is 0 Å². The van der Waals surface area contributed by atoms with Crippen molar-refractivity contribution in [3.8, 4) is 0 Å². The molecule has 0 radical (unpaired) electrons. The topological polar surface area (TPSA) is 55.5 Å². The molecule has 0 rings (SSSR count). The second kappa shape index (κ2) is 8.89. The zero-order valence-corrected chi connectivity index (χ0v) is 11.3. The number of nitrogens with two attached hydrogens (primary N) is 1. The Bertz CT molecular complexity index is 82.8. The fraction of sp³-hybridized carbons (Fsp3) is 1.00. The monoisotopic (exact) mass is 351 g/mol. The van der Waals surface area contributed by atoms with Crippen molar-refractivity contribution < 1.29 is 7.79 Å². The summed E-state index contributed by atoms with van der Waals surface area (Å²) in [6.45, 7) is 1.73. The molecule has 0 aromatic heterocycles. The number of aliphatic hydroxyl groups is 1. The van der Waals surface area contributed by atoms with Crippen LogP contribution in [0.25, 0.3) is 0 Å². The average molecular weight is 351 g/mol.